The van der Waals surface area contributed by atoms with Crippen LogP contribution in [0.4, 0.5) is 0 Å². The Bertz CT molecular complexity index is 933. The van der Waals surface area contributed by atoms with Gasteiger partial charge in [-0.3, -0.25) is 9.36 Å². The summed E-state index contributed by atoms with van der Waals surface area (Å²) in [5, 5.41) is 0. The van der Waals surface area contributed by atoms with Crippen molar-refractivity contribution in [3.63, 3.8) is 0 Å². The second kappa shape index (κ2) is 4.59. The van der Waals surface area contributed by atoms with E-state index in [1.165, 1.54) is 4.57 Å². The largest absolute Gasteiger partial charge is 0.331 e. The lowest BCUT2D eigenvalue weighted by atomic mass is 10.1. The first-order valence-electron chi connectivity index (χ1n) is 7.10. The van der Waals surface area contributed by atoms with Gasteiger partial charge in [-0.05, 0) is 18.2 Å². The van der Waals surface area contributed by atoms with E-state index in [4.69, 9.17) is 0 Å². The summed E-state index contributed by atoms with van der Waals surface area (Å²) >= 11 is 0. The molecule has 0 fully saturated rings. The first-order valence-corrected chi connectivity index (χ1v) is 7.10. The molecule has 1 amide bonds. The summed E-state index contributed by atoms with van der Waals surface area (Å²) in [7, 11) is 1.70. The molecule has 0 saturated carbocycles. The van der Waals surface area contributed by atoms with Gasteiger partial charge in [-0.25, -0.2) is 9.78 Å². The third-order valence-corrected chi connectivity index (χ3v) is 4.20. The maximum Gasteiger partial charge on any atom is 0.326 e. The highest BCUT2D eigenvalue weighted by molar-refractivity contribution is 5.97. The highest BCUT2D eigenvalue weighted by atomic mass is 16.2. The topological polar surface area (TPSA) is 75.9 Å². The number of imidazole rings is 2. The Hall–Kier alpha value is -2.83. The molecule has 1 aliphatic heterocycles. The van der Waals surface area contributed by atoms with E-state index in [2.05, 4.69) is 14.5 Å². The van der Waals surface area contributed by atoms with Crippen molar-refractivity contribution >= 4 is 16.9 Å². The van der Waals surface area contributed by atoms with E-state index in [1.807, 2.05) is 0 Å². The van der Waals surface area contributed by atoms with Gasteiger partial charge in [-0.1, -0.05) is 0 Å². The number of nitrogens with one attached hydrogen (secondary N) is 1. The molecule has 0 atom stereocenters. The van der Waals surface area contributed by atoms with Crippen molar-refractivity contribution in [1.29, 1.82) is 0 Å². The number of carbonyl (C=O) groups excluding carboxylic acids is 1. The van der Waals surface area contributed by atoms with Gasteiger partial charge >= 0.3 is 5.69 Å². The summed E-state index contributed by atoms with van der Waals surface area (Å²) in [6.07, 6.45) is 3.58. The quantitative estimate of drug-likeness (QED) is 0.719. The van der Waals surface area contributed by atoms with Crippen molar-refractivity contribution < 1.29 is 4.79 Å². The summed E-state index contributed by atoms with van der Waals surface area (Å²) in [6.45, 7) is 1.97. The molecule has 112 valence electrons. The number of hydrogen-bond acceptors (Lipinski definition) is 3. The summed E-state index contributed by atoms with van der Waals surface area (Å²) in [5.41, 5.74) is 2.91. The lowest BCUT2D eigenvalue weighted by molar-refractivity contribution is 0.0711. The van der Waals surface area contributed by atoms with Crippen molar-refractivity contribution in [3.05, 3.63) is 52.5 Å². The number of rotatable bonds is 1. The van der Waals surface area contributed by atoms with Crippen LogP contribution in [0.5, 0.6) is 0 Å². The Morgan fingerprint density at radius 2 is 2.18 bits per heavy atom. The van der Waals surface area contributed by atoms with Crippen molar-refractivity contribution in [3.8, 4) is 0 Å². The average Bonchev–Trinajstić information content (AvgIpc) is 3.10. The third kappa shape index (κ3) is 1.86. The Balaban J connectivity index is 1.67. The Morgan fingerprint density at radius 1 is 1.32 bits per heavy atom. The normalized spacial score (nSPS) is 14.3. The molecular formula is C15H15N5O2. The predicted octanol–water partition coefficient (Wildman–Crippen LogP) is 0.719. The van der Waals surface area contributed by atoms with Gasteiger partial charge in [0.25, 0.3) is 5.91 Å². The zero-order valence-corrected chi connectivity index (χ0v) is 12.1. The zero-order valence-electron chi connectivity index (χ0n) is 12.1. The first-order chi connectivity index (χ1) is 10.6. The Kier molecular flexibility index (Phi) is 2.69. The number of aromatic nitrogens is 4. The van der Waals surface area contributed by atoms with Crippen LogP contribution in [0.15, 0.2) is 35.5 Å². The third-order valence-electron chi connectivity index (χ3n) is 4.20. The van der Waals surface area contributed by atoms with Gasteiger partial charge in [0.1, 0.15) is 0 Å². The van der Waals surface area contributed by atoms with Crippen LogP contribution in [0.25, 0.3) is 11.0 Å². The fraction of sp³-hybridized carbons (Fsp3) is 0.267. The van der Waals surface area contributed by atoms with Gasteiger partial charge in [0.2, 0.25) is 0 Å². The molecule has 1 aromatic carbocycles. The van der Waals surface area contributed by atoms with Gasteiger partial charge in [0, 0.05) is 31.9 Å². The Labute approximate surface area is 125 Å². The van der Waals surface area contributed by atoms with Crippen LogP contribution in [-0.4, -0.2) is 36.5 Å². The maximum atomic E-state index is 12.7. The number of nitrogens with zero attached hydrogens (tertiary/aromatic N) is 4. The number of carbonyl (C=O) groups is 1. The Morgan fingerprint density at radius 3 is 3.05 bits per heavy atom. The number of hydrogen-bond donors (Lipinski definition) is 1. The van der Waals surface area contributed by atoms with Crippen LogP contribution in [0, 0.1) is 0 Å². The second-order valence-corrected chi connectivity index (χ2v) is 5.53. The van der Waals surface area contributed by atoms with Gasteiger partial charge in [0.05, 0.1) is 29.6 Å². The van der Waals surface area contributed by atoms with Crippen LogP contribution in [0.3, 0.4) is 0 Å². The van der Waals surface area contributed by atoms with Crippen molar-refractivity contribution in [2.24, 2.45) is 7.05 Å². The molecule has 0 unspecified atom stereocenters. The van der Waals surface area contributed by atoms with E-state index in [1.54, 1.807) is 42.7 Å². The van der Waals surface area contributed by atoms with Crippen molar-refractivity contribution in [2.45, 2.75) is 13.1 Å². The highest BCUT2D eigenvalue weighted by Crippen LogP contribution is 2.17. The summed E-state index contributed by atoms with van der Waals surface area (Å²) in [5.74, 6) is -0.0287. The molecule has 0 saturated heterocycles. The molecule has 7 heteroatoms. The number of benzene rings is 1. The van der Waals surface area contributed by atoms with Crippen LogP contribution in [0.2, 0.25) is 0 Å². The van der Waals surface area contributed by atoms with Gasteiger partial charge in [-0.15, -0.1) is 0 Å². The minimum Gasteiger partial charge on any atom is -0.331 e. The fourth-order valence-electron chi connectivity index (χ4n) is 2.91. The monoisotopic (exact) mass is 297 g/mol. The number of amides is 1. The standard InChI is InChI=1S/C15H15N5O2/c1-18-13-3-2-10(6-12(13)17-15(18)22)14(21)19-4-5-20-9-16-7-11(20)8-19/h2-3,6-7,9H,4-5,8H2,1H3,(H,17,22). The minimum atomic E-state index is -0.179. The molecular weight excluding hydrogens is 282 g/mol. The van der Waals surface area contributed by atoms with Crippen LogP contribution < -0.4 is 5.69 Å². The van der Waals surface area contributed by atoms with E-state index >= 15 is 0 Å². The van der Waals surface area contributed by atoms with Gasteiger partial charge in [-0.2, -0.15) is 0 Å². The summed E-state index contributed by atoms with van der Waals surface area (Å²) in [4.78, 5) is 33.0. The molecule has 7 nitrogen and oxygen atoms in total. The molecule has 2 aromatic heterocycles. The molecule has 3 heterocycles. The van der Waals surface area contributed by atoms with E-state index in [9.17, 15) is 9.59 Å². The van der Waals surface area contributed by atoms with Crippen LogP contribution in [-0.2, 0) is 20.1 Å². The number of H-pyrrole nitrogens is 1. The number of fused-ring (bicyclic) bond motifs is 2. The molecule has 1 N–H and O–H groups in total. The van der Waals surface area contributed by atoms with E-state index in [0.717, 1.165) is 17.8 Å². The molecule has 0 radical (unpaired) electrons. The first kappa shape index (κ1) is 12.9. The lowest BCUT2D eigenvalue weighted by Gasteiger charge is -2.28. The number of aryl methyl sites for hydroxylation is 1. The number of aromatic amines is 1. The molecule has 1 aliphatic rings. The summed E-state index contributed by atoms with van der Waals surface area (Å²) < 4.78 is 3.59. The van der Waals surface area contributed by atoms with Crippen LogP contribution >= 0.6 is 0 Å². The molecule has 0 spiro atoms. The fourth-order valence-corrected chi connectivity index (χ4v) is 2.91. The van der Waals surface area contributed by atoms with Gasteiger partial charge < -0.3 is 14.5 Å². The minimum absolute atomic E-state index is 0.0287. The van der Waals surface area contributed by atoms with Crippen molar-refractivity contribution in [2.75, 3.05) is 6.54 Å². The van der Waals surface area contributed by atoms with Crippen LogP contribution in [0.1, 0.15) is 16.1 Å². The van der Waals surface area contributed by atoms with E-state index in [0.29, 0.717) is 24.2 Å². The SMILES string of the molecule is Cn1c(=O)[nH]c2cc(C(=O)N3CCn4cncc4C3)ccc21. The zero-order chi connectivity index (χ0) is 15.3. The molecule has 4 rings (SSSR count). The maximum absolute atomic E-state index is 12.7. The lowest BCUT2D eigenvalue weighted by Crippen LogP contribution is -2.37. The smallest absolute Gasteiger partial charge is 0.326 e. The van der Waals surface area contributed by atoms with Crippen molar-refractivity contribution in [1.82, 2.24) is 24.0 Å². The predicted molar refractivity (Wildman–Crippen MR) is 80.5 cm³/mol. The highest BCUT2D eigenvalue weighted by Gasteiger charge is 2.22. The van der Waals surface area contributed by atoms with Gasteiger partial charge in [0.15, 0.2) is 0 Å². The average molecular weight is 297 g/mol. The molecule has 0 aliphatic carbocycles. The molecule has 22 heavy (non-hydrogen) atoms. The second-order valence-electron chi connectivity index (χ2n) is 5.53. The van der Waals surface area contributed by atoms with E-state index in [-0.39, 0.29) is 11.6 Å². The molecule has 3 aromatic rings. The molecule has 0 bridgehead atoms. The summed E-state index contributed by atoms with van der Waals surface area (Å²) in [6, 6.07) is 5.31. The van der Waals surface area contributed by atoms with E-state index < -0.39 is 0 Å².